The van der Waals surface area contributed by atoms with Gasteiger partial charge in [-0.3, -0.25) is 9.52 Å². The van der Waals surface area contributed by atoms with Gasteiger partial charge in [-0.1, -0.05) is 48.5 Å². The highest BCUT2D eigenvalue weighted by atomic mass is 32.2. The summed E-state index contributed by atoms with van der Waals surface area (Å²) in [6, 6.07) is 16.7. The SMILES string of the molecule is O=C(COS(=O)(=O)Nc1ccccc1)c1ccccc1. The summed E-state index contributed by atoms with van der Waals surface area (Å²) in [5, 5.41) is 0. The zero-order valence-electron chi connectivity index (χ0n) is 10.5. The van der Waals surface area contributed by atoms with Gasteiger partial charge in [-0.25, -0.2) is 4.18 Å². The minimum atomic E-state index is -4.01. The number of rotatable bonds is 6. The zero-order valence-corrected chi connectivity index (χ0v) is 11.3. The number of carbonyl (C=O) groups is 1. The number of hydrogen-bond acceptors (Lipinski definition) is 4. The van der Waals surface area contributed by atoms with Crippen molar-refractivity contribution in [3.63, 3.8) is 0 Å². The van der Waals surface area contributed by atoms with Crippen LogP contribution in [0.2, 0.25) is 0 Å². The Bertz CT molecular complexity index is 669. The first-order chi connectivity index (χ1) is 9.57. The lowest BCUT2D eigenvalue weighted by Crippen LogP contribution is -2.20. The first-order valence-electron chi connectivity index (χ1n) is 5.87. The van der Waals surface area contributed by atoms with Crippen molar-refractivity contribution in [3.8, 4) is 0 Å². The normalized spacial score (nSPS) is 11.0. The topological polar surface area (TPSA) is 72.5 Å². The number of nitrogens with one attached hydrogen (secondary N) is 1. The highest BCUT2D eigenvalue weighted by Gasteiger charge is 2.14. The summed E-state index contributed by atoms with van der Waals surface area (Å²) >= 11 is 0. The molecule has 0 spiro atoms. The summed E-state index contributed by atoms with van der Waals surface area (Å²) < 4.78 is 30.2. The molecule has 2 aromatic rings. The van der Waals surface area contributed by atoms with Gasteiger partial charge in [0.05, 0.1) is 5.69 Å². The Balaban J connectivity index is 1.95. The summed E-state index contributed by atoms with van der Waals surface area (Å²) in [6.45, 7) is -0.536. The zero-order chi connectivity index (χ0) is 14.4. The minimum absolute atomic E-state index is 0.375. The van der Waals surface area contributed by atoms with Crippen LogP contribution in [0.25, 0.3) is 0 Å². The van der Waals surface area contributed by atoms with E-state index in [0.717, 1.165) is 0 Å². The minimum Gasteiger partial charge on any atom is -0.291 e. The van der Waals surface area contributed by atoms with Crippen LogP contribution in [0.3, 0.4) is 0 Å². The van der Waals surface area contributed by atoms with Crippen LogP contribution < -0.4 is 4.72 Å². The first-order valence-corrected chi connectivity index (χ1v) is 7.28. The van der Waals surface area contributed by atoms with Gasteiger partial charge in [-0.15, -0.1) is 0 Å². The highest BCUT2D eigenvalue weighted by Crippen LogP contribution is 2.09. The molecule has 0 fully saturated rings. The summed E-state index contributed by atoms with van der Waals surface area (Å²) in [7, 11) is -4.01. The Labute approximate surface area is 117 Å². The molecule has 0 aliphatic rings. The van der Waals surface area contributed by atoms with Crippen molar-refractivity contribution in [2.24, 2.45) is 0 Å². The fourth-order valence-corrected chi connectivity index (χ4v) is 2.26. The molecular weight excluding hydrogens is 278 g/mol. The van der Waals surface area contributed by atoms with Crippen molar-refractivity contribution < 1.29 is 17.4 Å². The van der Waals surface area contributed by atoms with Crippen molar-refractivity contribution >= 4 is 21.8 Å². The molecule has 0 saturated heterocycles. The maximum absolute atomic E-state index is 11.7. The Morgan fingerprint density at radius 3 is 2.10 bits per heavy atom. The van der Waals surface area contributed by atoms with E-state index >= 15 is 0 Å². The van der Waals surface area contributed by atoms with E-state index in [9.17, 15) is 13.2 Å². The van der Waals surface area contributed by atoms with Crippen LogP contribution in [0, 0.1) is 0 Å². The van der Waals surface area contributed by atoms with Gasteiger partial charge < -0.3 is 0 Å². The van der Waals surface area contributed by atoms with E-state index in [0.29, 0.717) is 11.3 Å². The molecule has 0 unspecified atom stereocenters. The molecule has 2 aromatic carbocycles. The molecule has 0 aliphatic heterocycles. The standard InChI is InChI=1S/C14H13NO4S/c16-14(12-7-3-1-4-8-12)11-19-20(17,18)15-13-9-5-2-6-10-13/h1-10,15H,11H2. The van der Waals surface area contributed by atoms with Crippen LogP contribution in [0.5, 0.6) is 0 Å². The average Bonchev–Trinajstić information content (AvgIpc) is 2.46. The molecule has 6 heteroatoms. The van der Waals surface area contributed by atoms with E-state index in [4.69, 9.17) is 0 Å². The van der Waals surface area contributed by atoms with E-state index in [1.54, 1.807) is 60.7 Å². The van der Waals surface area contributed by atoms with E-state index in [2.05, 4.69) is 8.91 Å². The van der Waals surface area contributed by atoms with Crippen molar-refractivity contribution in [2.75, 3.05) is 11.3 Å². The molecule has 0 saturated carbocycles. The lowest BCUT2D eigenvalue weighted by molar-refractivity contribution is 0.0925. The lowest BCUT2D eigenvalue weighted by Gasteiger charge is -2.07. The molecule has 5 nitrogen and oxygen atoms in total. The second kappa shape index (κ2) is 6.31. The maximum atomic E-state index is 11.7. The first kappa shape index (κ1) is 14.2. The van der Waals surface area contributed by atoms with Gasteiger partial charge in [0.25, 0.3) is 0 Å². The molecule has 0 bridgehead atoms. The lowest BCUT2D eigenvalue weighted by atomic mass is 10.1. The van der Waals surface area contributed by atoms with Gasteiger partial charge in [0.2, 0.25) is 0 Å². The van der Waals surface area contributed by atoms with E-state index < -0.39 is 22.7 Å². The highest BCUT2D eigenvalue weighted by molar-refractivity contribution is 7.88. The number of para-hydroxylation sites is 1. The molecule has 0 heterocycles. The Hall–Kier alpha value is -2.18. The van der Waals surface area contributed by atoms with Crippen LogP contribution in [0.15, 0.2) is 60.7 Å². The number of carbonyl (C=O) groups excluding carboxylic acids is 1. The Morgan fingerprint density at radius 2 is 1.50 bits per heavy atom. The largest absolute Gasteiger partial charge is 0.360 e. The summed E-state index contributed by atoms with van der Waals surface area (Å²) in [6.07, 6.45) is 0. The van der Waals surface area contributed by atoms with Crippen LogP contribution in [-0.2, 0) is 14.5 Å². The van der Waals surface area contributed by atoms with Gasteiger partial charge in [0, 0.05) is 5.56 Å². The van der Waals surface area contributed by atoms with Gasteiger partial charge in [0.15, 0.2) is 5.78 Å². The summed E-state index contributed by atoms with van der Waals surface area (Å²) in [5.74, 6) is -0.399. The molecule has 1 N–H and O–H groups in total. The van der Waals surface area contributed by atoms with Crippen LogP contribution >= 0.6 is 0 Å². The van der Waals surface area contributed by atoms with Crippen molar-refractivity contribution in [1.29, 1.82) is 0 Å². The third-order valence-corrected chi connectivity index (χ3v) is 3.37. The van der Waals surface area contributed by atoms with E-state index in [1.165, 1.54) is 0 Å². The van der Waals surface area contributed by atoms with Gasteiger partial charge in [0.1, 0.15) is 6.61 Å². The quantitative estimate of drug-likeness (QED) is 0.828. The molecule has 0 aromatic heterocycles. The predicted octanol–water partition coefficient (Wildman–Crippen LogP) is 2.24. The number of Topliss-reactive ketones (excluding diaryl/α,β-unsaturated/α-hetero) is 1. The number of hydrogen-bond donors (Lipinski definition) is 1. The fourth-order valence-electron chi connectivity index (χ4n) is 1.52. The van der Waals surface area contributed by atoms with E-state index in [1.807, 2.05) is 0 Å². The molecule has 2 rings (SSSR count). The molecule has 20 heavy (non-hydrogen) atoms. The molecule has 0 amide bonds. The summed E-state index contributed by atoms with van der Waals surface area (Å²) in [5.41, 5.74) is 0.780. The third-order valence-electron chi connectivity index (χ3n) is 2.46. The number of anilines is 1. The Morgan fingerprint density at radius 1 is 0.950 bits per heavy atom. The van der Waals surface area contributed by atoms with Crippen molar-refractivity contribution in [2.45, 2.75) is 0 Å². The van der Waals surface area contributed by atoms with Crippen LogP contribution in [0.1, 0.15) is 10.4 Å². The van der Waals surface area contributed by atoms with Crippen molar-refractivity contribution in [3.05, 3.63) is 66.2 Å². The van der Waals surface area contributed by atoms with E-state index in [-0.39, 0.29) is 0 Å². The van der Waals surface area contributed by atoms with Gasteiger partial charge >= 0.3 is 10.3 Å². The molecule has 0 atom stereocenters. The predicted molar refractivity (Wildman–Crippen MR) is 75.7 cm³/mol. The monoisotopic (exact) mass is 291 g/mol. The molecule has 0 radical (unpaired) electrons. The number of benzene rings is 2. The van der Waals surface area contributed by atoms with Crippen LogP contribution in [-0.4, -0.2) is 20.8 Å². The maximum Gasteiger partial charge on any atom is 0.360 e. The second-order valence-corrected chi connectivity index (χ2v) is 5.32. The van der Waals surface area contributed by atoms with Crippen LogP contribution in [0.4, 0.5) is 5.69 Å². The second-order valence-electron chi connectivity index (χ2n) is 3.97. The summed E-state index contributed by atoms with van der Waals surface area (Å²) in [4.78, 5) is 11.7. The molecular formula is C14H13NO4S. The number of ketones is 1. The average molecular weight is 291 g/mol. The van der Waals surface area contributed by atoms with Gasteiger partial charge in [-0.2, -0.15) is 8.42 Å². The molecule has 0 aliphatic carbocycles. The molecule has 104 valence electrons. The fraction of sp³-hybridized carbons (Fsp3) is 0.0714. The third kappa shape index (κ3) is 4.18. The smallest absolute Gasteiger partial charge is 0.291 e. The van der Waals surface area contributed by atoms with Crippen molar-refractivity contribution in [1.82, 2.24) is 0 Å². The Kier molecular flexibility index (Phi) is 4.49. The van der Waals surface area contributed by atoms with Gasteiger partial charge in [-0.05, 0) is 12.1 Å².